The van der Waals surface area contributed by atoms with Crippen LogP contribution in [-0.4, -0.2) is 0 Å². The first-order chi connectivity index (χ1) is 29.7. The van der Waals surface area contributed by atoms with E-state index in [-0.39, 0.29) is 0 Å². The molecule has 0 saturated carbocycles. The molecule has 0 bridgehead atoms. The fourth-order valence-corrected chi connectivity index (χ4v) is 9.30. The Labute approximate surface area is 347 Å². The number of para-hydroxylation sites is 1. The van der Waals surface area contributed by atoms with Gasteiger partial charge in [-0.05, 0) is 108 Å². The summed E-state index contributed by atoms with van der Waals surface area (Å²) in [5.74, 6) is 0.889. The van der Waals surface area contributed by atoms with Gasteiger partial charge in [0.15, 0.2) is 0 Å². The molecule has 0 fully saturated rings. The molecule has 0 amide bonds. The van der Waals surface area contributed by atoms with Crippen molar-refractivity contribution in [3.8, 4) is 67.0 Å². The largest absolute Gasteiger partial charge is 0.456 e. The molecule has 12 aromatic rings. The smallest absolute Gasteiger partial charge is 0.143 e. The zero-order valence-electron chi connectivity index (χ0n) is 32.6. The second-order valence-electron chi connectivity index (χ2n) is 15.6. The SMILES string of the molecule is c1ccc(-c2oc3cc(-c4cccc(-c5c6ccccc6c(-c6ccc(-c7ccc8oc9ccccc9c8c7)cc6)c6ccccc56)c4)ccc3c2-c2ccccc2)cc1. The van der Waals surface area contributed by atoms with Crippen LogP contribution in [0.15, 0.2) is 227 Å². The van der Waals surface area contributed by atoms with E-state index < -0.39 is 0 Å². The highest BCUT2D eigenvalue weighted by atomic mass is 16.3. The fraction of sp³-hybridized carbons (Fsp3) is 0. The van der Waals surface area contributed by atoms with Crippen LogP contribution in [0.1, 0.15) is 0 Å². The van der Waals surface area contributed by atoms with Crippen molar-refractivity contribution in [2.24, 2.45) is 0 Å². The van der Waals surface area contributed by atoms with Crippen LogP contribution in [0.2, 0.25) is 0 Å². The van der Waals surface area contributed by atoms with Crippen LogP contribution in [0.4, 0.5) is 0 Å². The Morgan fingerprint density at radius 3 is 1.37 bits per heavy atom. The molecule has 0 N–H and O–H groups in total. The maximum Gasteiger partial charge on any atom is 0.143 e. The van der Waals surface area contributed by atoms with E-state index in [2.05, 4.69) is 200 Å². The molecular weight excluding hydrogens is 729 g/mol. The van der Waals surface area contributed by atoms with Gasteiger partial charge < -0.3 is 8.83 Å². The second kappa shape index (κ2) is 13.9. The Balaban J connectivity index is 0.966. The quantitative estimate of drug-likeness (QED) is 0.158. The van der Waals surface area contributed by atoms with Gasteiger partial charge in [0.25, 0.3) is 0 Å². The number of rotatable bonds is 6. The topological polar surface area (TPSA) is 26.3 Å². The molecule has 10 aromatic carbocycles. The average molecular weight is 765 g/mol. The lowest BCUT2D eigenvalue weighted by atomic mass is 9.85. The molecule has 0 radical (unpaired) electrons. The van der Waals surface area contributed by atoms with Crippen LogP contribution in [0.5, 0.6) is 0 Å². The molecular formula is C58H36O2. The molecule has 0 unspecified atom stereocenters. The van der Waals surface area contributed by atoms with Crippen molar-refractivity contribution in [2.45, 2.75) is 0 Å². The van der Waals surface area contributed by atoms with Gasteiger partial charge in [-0.15, -0.1) is 0 Å². The summed E-state index contributed by atoms with van der Waals surface area (Å²) in [5.41, 5.74) is 15.5. The molecule has 12 rings (SSSR count). The maximum absolute atomic E-state index is 6.74. The monoisotopic (exact) mass is 764 g/mol. The van der Waals surface area contributed by atoms with Gasteiger partial charge in [-0.1, -0.05) is 182 Å². The van der Waals surface area contributed by atoms with Gasteiger partial charge in [0, 0.05) is 27.3 Å². The lowest BCUT2D eigenvalue weighted by Gasteiger charge is -2.18. The predicted molar refractivity (Wildman–Crippen MR) is 251 cm³/mol. The van der Waals surface area contributed by atoms with E-state index in [9.17, 15) is 0 Å². The van der Waals surface area contributed by atoms with Crippen molar-refractivity contribution in [2.75, 3.05) is 0 Å². The van der Waals surface area contributed by atoms with Crippen LogP contribution in [-0.2, 0) is 0 Å². The van der Waals surface area contributed by atoms with E-state index in [1.54, 1.807) is 0 Å². The van der Waals surface area contributed by atoms with Crippen molar-refractivity contribution in [1.82, 2.24) is 0 Å². The molecule has 0 aliphatic heterocycles. The summed E-state index contributed by atoms with van der Waals surface area (Å²) in [6, 6.07) is 78.1. The third-order valence-electron chi connectivity index (χ3n) is 12.1. The van der Waals surface area contributed by atoms with Gasteiger partial charge >= 0.3 is 0 Å². The Hall–Kier alpha value is -7.94. The van der Waals surface area contributed by atoms with Gasteiger partial charge in [-0.3, -0.25) is 0 Å². The minimum Gasteiger partial charge on any atom is -0.456 e. The summed E-state index contributed by atoms with van der Waals surface area (Å²) >= 11 is 0. The zero-order chi connectivity index (χ0) is 39.6. The van der Waals surface area contributed by atoms with Gasteiger partial charge in [0.05, 0.1) is 0 Å². The second-order valence-corrected chi connectivity index (χ2v) is 15.6. The molecule has 2 aromatic heterocycles. The zero-order valence-corrected chi connectivity index (χ0v) is 32.6. The van der Waals surface area contributed by atoms with Crippen molar-refractivity contribution < 1.29 is 8.83 Å². The number of hydrogen-bond donors (Lipinski definition) is 0. The molecule has 2 nitrogen and oxygen atoms in total. The van der Waals surface area contributed by atoms with E-state index in [1.807, 2.05) is 18.2 Å². The number of fused-ring (bicyclic) bond motifs is 6. The number of hydrogen-bond acceptors (Lipinski definition) is 2. The lowest BCUT2D eigenvalue weighted by Crippen LogP contribution is -1.91. The third kappa shape index (κ3) is 5.57. The number of furan rings is 2. The molecule has 2 heterocycles. The lowest BCUT2D eigenvalue weighted by molar-refractivity contribution is 0.632. The van der Waals surface area contributed by atoms with Gasteiger partial charge in [0.1, 0.15) is 22.5 Å². The highest BCUT2D eigenvalue weighted by Crippen LogP contribution is 2.46. The van der Waals surface area contributed by atoms with Crippen molar-refractivity contribution in [3.05, 3.63) is 218 Å². The Morgan fingerprint density at radius 2 is 0.667 bits per heavy atom. The fourth-order valence-electron chi connectivity index (χ4n) is 9.30. The highest BCUT2D eigenvalue weighted by Gasteiger charge is 2.20. The number of benzene rings is 10. The molecule has 60 heavy (non-hydrogen) atoms. The first-order valence-corrected chi connectivity index (χ1v) is 20.5. The summed E-state index contributed by atoms with van der Waals surface area (Å²) in [5, 5.41) is 8.30. The Morgan fingerprint density at radius 1 is 0.200 bits per heavy atom. The molecule has 0 atom stereocenters. The van der Waals surface area contributed by atoms with Gasteiger partial charge in [0.2, 0.25) is 0 Å². The predicted octanol–water partition coefficient (Wildman–Crippen LogP) is 16.6. The molecule has 2 heteroatoms. The summed E-state index contributed by atoms with van der Waals surface area (Å²) in [6.45, 7) is 0. The van der Waals surface area contributed by atoms with Crippen LogP contribution >= 0.6 is 0 Å². The van der Waals surface area contributed by atoms with E-state index in [0.29, 0.717) is 0 Å². The van der Waals surface area contributed by atoms with E-state index in [0.717, 1.165) is 66.5 Å². The summed E-state index contributed by atoms with van der Waals surface area (Å²) in [7, 11) is 0. The molecule has 0 aliphatic rings. The third-order valence-corrected chi connectivity index (χ3v) is 12.1. The van der Waals surface area contributed by atoms with Crippen LogP contribution in [0, 0.1) is 0 Å². The van der Waals surface area contributed by atoms with Crippen LogP contribution in [0.25, 0.3) is 121 Å². The van der Waals surface area contributed by atoms with Crippen molar-refractivity contribution in [1.29, 1.82) is 0 Å². The molecule has 280 valence electrons. The van der Waals surface area contributed by atoms with E-state index >= 15 is 0 Å². The summed E-state index contributed by atoms with van der Waals surface area (Å²) < 4.78 is 12.9. The molecule has 0 spiro atoms. The normalized spacial score (nSPS) is 11.7. The Kier molecular flexibility index (Phi) is 7.89. The molecule has 0 aliphatic carbocycles. The highest BCUT2D eigenvalue weighted by molar-refractivity contribution is 6.21. The standard InChI is InChI=1S/C58H36O2/c1-3-14-38(15-4-1)57-50-32-30-43(36-54(50)60-58(57)40-16-5-2-6-17-40)41-18-13-19-44(34-41)56-48-23-9-7-21-46(48)55(47-22-8-10-24-49(47)56)39-28-26-37(27-29-39)42-31-33-53-51(35-42)45-20-11-12-25-52(45)59-53/h1-36H. The van der Waals surface area contributed by atoms with Crippen molar-refractivity contribution in [3.63, 3.8) is 0 Å². The average Bonchev–Trinajstić information content (AvgIpc) is 3.90. The van der Waals surface area contributed by atoms with Gasteiger partial charge in [-0.25, -0.2) is 0 Å². The summed E-state index contributed by atoms with van der Waals surface area (Å²) in [4.78, 5) is 0. The first kappa shape index (κ1) is 34.1. The van der Waals surface area contributed by atoms with Crippen LogP contribution < -0.4 is 0 Å². The van der Waals surface area contributed by atoms with Gasteiger partial charge in [-0.2, -0.15) is 0 Å². The van der Waals surface area contributed by atoms with Crippen LogP contribution in [0.3, 0.4) is 0 Å². The minimum atomic E-state index is 0.873. The summed E-state index contributed by atoms with van der Waals surface area (Å²) in [6.07, 6.45) is 0. The minimum absolute atomic E-state index is 0.873. The van der Waals surface area contributed by atoms with E-state index in [4.69, 9.17) is 8.83 Å². The van der Waals surface area contributed by atoms with Crippen molar-refractivity contribution >= 4 is 54.5 Å². The maximum atomic E-state index is 6.74. The molecule has 0 saturated heterocycles. The Bertz CT molecular complexity index is 3520. The first-order valence-electron chi connectivity index (χ1n) is 20.5. The van der Waals surface area contributed by atoms with E-state index in [1.165, 1.54) is 54.9 Å².